The summed E-state index contributed by atoms with van der Waals surface area (Å²) in [5.41, 5.74) is 8.10. The largest absolute Gasteiger partial charge is 0.299 e. The average Bonchev–Trinajstić information content (AvgIpc) is 3.34. The SMILES string of the molecule is C.C.C=C(C)C1CCC(C)C(=O)C1.C=C1CC(C)CC(C)(C)C1.C=C1CCCC(C)(C)C1.C=C1CCCCCC1.C=C1CCCCCCC1.CC1CCC(C(C)C)C(=O)C1. The van der Waals surface area contributed by atoms with Crippen molar-refractivity contribution < 1.29 is 9.59 Å². The minimum absolute atomic E-state index is 0. The van der Waals surface area contributed by atoms with Gasteiger partial charge in [-0.2, -0.15) is 0 Å². The molecule has 60 heavy (non-hydrogen) atoms. The second-order valence-corrected chi connectivity index (χ2v) is 22.1. The van der Waals surface area contributed by atoms with Gasteiger partial charge in [0.15, 0.2) is 0 Å². The monoisotopic (exact) mass is 835 g/mol. The third kappa shape index (κ3) is 28.6. The predicted octanol–water partition coefficient (Wildman–Crippen LogP) is 19.2. The van der Waals surface area contributed by atoms with Crippen molar-refractivity contribution in [1.82, 2.24) is 0 Å². The van der Waals surface area contributed by atoms with E-state index in [4.69, 9.17) is 0 Å². The Labute approximate surface area is 377 Å². The van der Waals surface area contributed by atoms with Crippen molar-refractivity contribution in [2.75, 3.05) is 0 Å². The molecule has 0 saturated heterocycles. The fraction of sp³-hybridized carbons (Fsp3) is 0.793. The molecule has 6 aliphatic carbocycles. The molecule has 0 aliphatic heterocycles. The highest BCUT2D eigenvalue weighted by molar-refractivity contribution is 5.82. The highest BCUT2D eigenvalue weighted by Gasteiger charge is 2.29. The quantitative estimate of drug-likeness (QED) is 0.205. The molecular formula is C58H106O2. The van der Waals surface area contributed by atoms with Crippen LogP contribution >= 0.6 is 0 Å². The van der Waals surface area contributed by atoms with Crippen LogP contribution in [-0.2, 0) is 9.59 Å². The van der Waals surface area contributed by atoms with Crippen LogP contribution in [0.5, 0.6) is 0 Å². The van der Waals surface area contributed by atoms with Crippen LogP contribution in [0.15, 0.2) is 60.8 Å². The molecule has 0 bridgehead atoms. The van der Waals surface area contributed by atoms with E-state index in [2.05, 4.69) is 88.3 Å². The maximum atomic E-state index is 11.4. The van der Waals surface area contributed by atoms with E-state index < -0.39 is 0 Å². The van der Waals surface area contributed by atoms with E-state index in [1.165, 1.54) is 163 Å². The zero-order chi connectivity index (χ0) is 43.9. The molecule has 0 N–H and O–H groups in total. The first-order valence-electron chi connectivity index (χ1n) is 24.5. The molecule has 0 aromatic rings. The average molecular weight is 835 g/mol. The molecule has 6 aliphatic rings. The van der Waals surface area contributed by atoms with Gasteiger partial charge in [-0.05, 0) is 163 Å². The van der Waals surface area contributed by atoms with Crippen LogP contribution < -0.4 is 0 Å². The molecule has 350 valence electrons. The Morgan fingerprint density at radius 2 is 1.02 bits per heavy atom. The minimum atomic E-state index is 0. The number of carbonyl (C=O) groups excluding carboxylic acids is 2. The predicted molar refractivity (Wildman–Crippen MR) is 272 cm³/mol. The Morgan fingerprint density at radius 3 is 1.38 bits per heavy atom. The number of allylic oxidation sites excluding steroid dienone is 5. The summed E-state index contributed by atoms with van der Waals surface area (Å²) >= 11 is 0. The van der Waals surface area contributed by atoms with Gasteiger partial charge in [-0.25, -0.2) is 0 Å². The summed E-state index contributed by atoms with van der Waals surface area (Å²) in [7, 11) is 0. The van der Waals surface area contributed by atoms with Gasteiger partial charge in [0.25, 0.3) is 0 Å². The summed E-state index contributed by atoms with van der Waals surface area (Å²) in [4.78, 5) is 22.7. The maximum absolute atomic E-state index is 11.4. The van der Waals surface area contributed by atoms with Crippen molar-refractivity contribution in [2.45, 2.75) is 251 Å². The van der Waals surface area contributed by atoms with E-state index >= 15 is 0 Å². The molecule has 0 aromatic carbocycles. The third-order valence-electron chi connectivity index (χ3n) is 13.6. The van der Waals surface area contributed by atoms with Crippen molar-refractivity contribution in [3.63, 3.8) is 0 Å². The van der Waals surface area contributed by atoms with Crippen LogP contribution in [0.3, 0.4) is 0 Å². The fourth-order valence-corrected chi connectivity index (χ4v) is 10.1. The van der Waals surface area contributed by atoms with Crippen LogP contribution in [0.4, 0.5) is 0 Å². The van der Waals surface area contributed by atoms with Crippen LogP contribution in [-0.4, -0.2) is 11.6 Å². The molecule has 0 radical (unpaired) electrons. The Balaban J connectivity index is 0. The second kappa shape index (κ2) is 31.8. The van der Waals surface area contributed by atoms with E-state index in [1.54, 1.807) is 0 Å². The zero-order valence-corrected chi connectivity index (χ0v) is 40.7. The van der Waals surface area contributed by atoms with Crippen LogP contribution in [0.1, 0.15) is 251 Å². The van der Waals surface area contributed by atoms with Gasteiger partial charge >= 0.3 is 0 Å². The van der Waals surface area contributed by atoms with E-state index in [9.17, 15) is 9.59 Å². The van der Waals surface area contributed by atoms with Gasteiger partial charge in [0.1, 0.15) is 11.6 Å². The maximum Gasteiger partial charge on any atom is 0.136 e. The van der Waals surface area contributed by atoms with Crippen molar-refractivity contribution in [3.8, 4) is 0 Å². The Hall–Kier alpha value is -1.96. The lowest BCUT2D eigenvalue weighted by molar-refractivity contribution is -0.127. The molecule has 2 nitrogen and oxygen atoms in total. The van der Waals surface area contributed by atoms with E-state index in [0.29, 0.717) is 52.0 Å². The third-order valence-corrected chi connectivity index (χ3v) is 13.6. The number of hydrogen-bond acceptors (Lipinski definition) is 2. The summed E-state index contributed by atoms with van der Waals surface area (Å²) in [5.74, 6) is 4.10. The van der Waals surface area contributed by atoms with Crippen molar-refractivity contribution >= 4 is 11.6 Å². The van der Waals surface area contributed by atoms with Crippen molar-refractivity contribution in [3.05, 3.63) is 60.8 Å². The van der Waals surface area contributed by atoms with Gasteiger partial charge in [-0.3, -0.25) is 9.59 Å². The lowest BCUT2D eigenvalue weighted by atomic mass is 9.71. The second-order valence-electron chi connectivity index (χ2n) is 22.1. The number of carbonyl (C=O) groups is 2. The molecule has 2 heteroatoms. The Bertz CT molecular complexity index is 1250. The van der Waals surface area contributed by atoms with Gasteiger partial charge < -0.3 is 0 Å². The van der Waals surface area contributed by atoms with E-state index in [1.807, 2.05) is 13.8 Å². The molecule has 6 saturated carbocycles. The van der Waals surface area contributed by atoms with Gasteiger partial charge in [-0.15, -0.1) is 0 Å². The van der Waals surface area contributed by atoms with E-state index in [-0.39, 0.29) is 14.9 Å². The Morgan fingerprint density at radius 1 is 0.550 bits per heavy atom. The van der Waals surface area contributed by atoms with Gasteiger partial charge in [-0.1, -0.05) is 170 Å². The summed E-state index contributed by atoms with van der Waals surface area (Å²) < 4.78 is 0. The number of Topliss-reactive ketones (excluding diaryl/α,β-unsaturated/α-hetero) is 2. The normalized spacial score (nSPS) is 27.7. The van der Waals surface area contributed by atoms with Crippen LogP contribution in [0.2, 0.25) is 0 Å². The van der Waals surface area contributed by atoms with Gasteiger partial charge in [0.05, 0.1) is 0 Å². The van der Waals surface area contributed by atoms with Gasteiger partial charge in [0, 0.05) is 24.7 Å². The van der Waals surface area contributed by atoms with E-state index in [0.717, 1.165) is 38.0 Å². The summed E-state index contributed by atoms with van der Waals surface area (Å²) in [6, 6.07) is 0. The first kappa shape index (κ1) is 60.1. The number of hydrogen-bond donors (Lipinski definition) is 0. The molecule has 5 atom stereocenters. The minimum Gasteiger partial charge on any atom is -0.299 e. The molecule has 0 aromatic heterocycles. The lowest BCUT2D eigenvalue weighted by Gasteiger charge is -2.34. The fourth-order valence-electron chi connectivity index (χ4n) is 10.1. The molecule has 5 unspecified atom stereocenters. The smallest absolute Gasteiger partial charge is 0.136 e. The molecular weight excluding hydrogens is 729 g/mol. The molecule has 0 amide bonds. The number of ketones is 2. The summed E-state index contributed by atoms with van der Waals surface area (Å²) in [6.45, 7) is 42.1. The summed E-state index contributed by atoms with van der Waals surface area (Å²) in [5, 5.41) is 0. The highest BCUT2D eigenvalue weighted by Crippen LogP contribution is 2.40. The molecule has 6 fully saturated rings. The lowest BCUT2D eigenvalue weighted by Crippen LogP contribution is -2.27. The number of rotatable bonds is 2. The zero-order valence-electron chi connectivity index (χ0n) is 40.7. The van der Waals surface area contributed by atoms with Gasteiger partial charge in [0.2, 0.25) is 0 Å². The molecule has 0 spiro atoms. The first-order valence-corrected chi connectivity index (χ1v) is 24.5. The Kier molecular flexibility index (Phi) is 31.9. The van der Waals surface area contributed by atoms with Crippen LogP contribution in [0, 0.1) is 46.3 Å². The first-order chi connectivity index (χ1) is 27.1. The summed E-state index contributed by atoms with van der Waals surface area (Å²) in [6.07, 6.45) is 33.1. The van der Waals surface area contributed by atoms with Crippen LogP contribution in [0.25, 0.3) is 0 Å². The standard InChI is InChI=1S/C10H16O.C10H18O.C10H18.2C9H16.C8H14.2CH4/c1-7(2)9-5-4-8(3)10(11)6-9;1-7(2)9-5-4-8(3)6-10(9)11;1-8-5-9(2)7-10(3,4)6-8;1-8-5-4-6-9(2,3)7-8;1-9-7-5-3-2-4-6-8-9;1-8-6-4-2-3-5-7-8;;/h8-9H,1,4-6H2,2-3H3;7-9H,4-6H2,1-3H3;9H,1,5-7H2,2-4H3;1,4-7H2,2-3H3;1-8H2;1-7H2;2*1H4. The molecule has 0 heterocycles. The van der Waals surface area contributed by atoms with Crippen molar-refractivity contribution in [2.24, 2.45) is 46.3 Å². The topological polar surface area (TPSA) is 34.1 Å². The molecule has 6 rings (SSSR count). The van der Waals surface area contributed by atoms with Crippen molar-refractivity contribution in [1.29, 1.82) is 0 Å². The highest BCUT2D eigenvalue weighted by atomic mass is 16.1.